The van der Waals surface area contributed by atoms with Crippen molar-refractivity contribution >= 4 is 23.2 Å². The van der Waals surface area contributed by atoms with Crippen LogP contribution in [-0.2, 0) is 6.42 Å². The van der Waals surface area contributed by atoms with Gasteiger partial charge in [0.15, 0.2) is 0 Å². The van der Waals surface area contributed by atoms with Gasteiger partial charge in [0.05, 0.1) is 0 Å². The smallest absolute Gasteiger partial charge is 0.0452 e. The summed E-state index contributed by atoms with van der Waals surface area (Å²) in [6.07, 6.45) is 4.79. The molecule has 2 rings (SSSR count). The van der Waals surface area contributed by atoms with E-state index in [2.05, 4.69) is 12.2 Å². The zero-order chi connectivity index (χ0) is 12.3. The summed E-state index contributed by atoms with van der Waals surface area (Å²) in [4.78, 5) is 0. The van der Waals surface area contributed by atoms with Crippen LogP contribution in [0.4, 0.5) is 0 Å². The summed E-state index contributed by atoms with van der Waals surface area (Å²) in [5.41, 5.74) is 1.09. The highest BCUT2D eigenvalue weighted by Crippen LogP contribution is 2.26. The highest BCUT2D eigenvalue weighted by molar-refractivity contribution is 6.35. The summed E-state index contributed by atoms with van der Waals surface area (Å²) in [5, 5.41) is 5.14. The standard InChI is InChI=1S/C14H19Cl2N/c1-10(9-17-11-6-7-11)5-8-12-13(15)3-2-4-14(12)16/h2-4,10-11,17H,5-9H2,1H3. The van der Waals surface area contributed by atoms with Crippen LogP contribution in [0, 0.1) is 5.92 Å². The molecule has 0 aliphatic heterocycles. The first-order chi connectivity index (χ1) is 8.16. The van der Waals surface area contributed by atoms with E-state index in [0.29, 0.717) is 5.92 Å². The molecule has 0 spiro atoms. The number of halogens is 2. The van der Waals surface area contributed by atoms with Gasteiger partial charge in [0, 0.05) is 16.1 Å². The van der Waals surface area contributed by atoms with Gasteiger partial charge in [-0.1, -0.05) is 36.2 Å². The SMILES string of the molecule is CC(CCc1c(Cl)cccc1Cl)CNC1CC1. The van der Waals surface area contributed by atoms with Crippen molar-refractivity contribution in [3.63, 3.8) is 0 Å². The van der Waals surface area contributed by atoms with E-state index in [4.69, 9.17) is 23.2 Å². The van der Waals surface area contributed by atoms with Crippen LogP contribution < -0.4 is 5.32 Å². The van der Waals surface area contributed by atoms with Gasteiger partial charge in [0.25, 0.3) is 0 Å². The van der Waals surface area contributed by atoms with Crippen LogP contribution in [0.25, 0.3) is 0 Å². The molecular weight excluding hydrogens is 253 g/mol. The predicted octanol–water partition coefficient (Wildman–Crippen LogP) is 4.31. The van der Waals surface area contributed by atoms with Crippen molar-refractivity contribution in [1.29, 1.82) is 0 Å². The summed E-state index contributed by atoms with van der Waals surface area (Å²) in [6.45, 7) is 3.38. The van der Waals surface area contributed by atoms with Gasteiger partial charge in [-0.3, -0.25) is 0 Å². The van der Waals surface area contributed by atoms with Crippen molar-refractivity contribution < 1.29 is 0 Å². The molecule has 17 heavy (non-hydrogen) atoms. The van der Waals surface area contributed by atoms with Crippen LogP contribution in [0.2, 0.25) is 10.0 Å². The van der Waals surface area contributed by atoms with Crippen molar-refractivity contribution in [2.75, 3.05) is 6.54 Å². The lowest BCUT2D eigenvalue weighted by Crippen LogP contribution is -2.23. The molecule has 1 N–H and O–H groups in total. The Balaban J connectivity index is 1.79. The number of nitrogens with one attached hydrogen (secondary N) is 1. The first kappa shape index (κ1) is 13.2. The fourth-order valence-electron chi connectivity index (χ4n) is 1.92. The van der Waals surface area contributed by atoms with Crippen molar-refractivity contribution in [1.82, 2.24) is 5.32 Å². The van der Waals surface area contributed by atoms with E-state index in [1.807, 2.05) is 18.2 Å². The number of benzene rings is 1. The van der Waals surface area contributed by atoms with E-state index in [1.54, 1.807) is 0 Å². The van der Waals surface area contributed by atoms with Gasteiger partial charge in [0.2, 0.25) is 0 Å². The van der Waals surface area contributed by atoms with Crippen LogP contribution in [-0.4, -0.2) is 12.6 Å². The van der Waals surface area contributed by atoms with Crippen molar-refractivity contribution in [2.24, 2.45) is 5.92 Å². The Hall–Kier alpha value is -0.240. The monoisotopic (exact) mass is 271 g/mol. The van der Waals surface area contributed by atoms with E-state index in [9.17, 15) is 0 Å². The predicted molar refractivity (Wildman–Crippen MR) is 75.0 cm³/mol. The third-order valence-corrected chi connectivity index (χ3v) is 3.99. The molecule has 3 heteroatoms. The molecule has 0 bridgehead atoms. The van der Waals surface area contributed by atoms with Crippen LogP contribution in [0.1, 0.15) is 31.7 Å². The molecule has 1 aliphatic rings. The zero-order valence-corrected chi connectivity index (χ0v) is 11.7. The van der Waals surface area contributed by atoms with E-state index in [1.165, 1.54) is 12.8 Å². The van der Waals surface area contributed by atoms with Crippen LogP contribution in [0.3, 0.4) is 0 Å². The summed E-state index contributed by atoms with van der Waals surface area (Å²) in [6, 6.07) is 6.51. The normalized spacial score (nSPS) is 17.1. The van der Waals surface area contributed by atoms with Gasteiger partial charge in [-0.05, 0) is 55.8 Å². The highest BCUT2D eigenvalue weighted by atomic mass is 35.5. The summed E-state index contributed by atoms with van der Waals surface area (Å²) in [5.74, 6) is 0.669. The largest absolute Gasteiger partial charge is 0.314 e. The molecule has 1 atom stereocenters. The Morgan fingerprint density at radius 2 is 1.94 bits per heavy atom. The fraction of sp³-hybridized carbons (Fsp3) is 0.571. The van der Waals surface area contributed by atoms with E-state index in [-0.39, 0.29) is 0 Å². The zero-order valence-electron chi connectivity index (χ0n) is 10.2. The lowest BCUT2D eigenvalue weighted by Gasteiger charge is -2.13. The molecule has 0 saturated heterocycles. The second kappa shape index (κ2) is 6.08. The summed E-state index contributed by atoms with van der Waals surface area (Å²) >= 11 is 12.3. The Morgan fingerprint density at radius 3 is 2.53 bits per heavy atom. The molecule has 1 aliphatic carbocycles. The molecule has 1 fully saturated rings. The van der Waals surface area contributed by atoms with Crippen molar-refractivity contribution in [2.45, 2.75) is 38.6 Å². The van der Waals surface area contributed by atoms with E-state index < -0.39 is 0 Å². The molecule has 94 valence electrons. The number of hydrogen-bond donors (Lipinski definition) is 1. The quantitative estimate of drug-likeness (QED) is 0.813. The minimum atomic E-state index is 0.669. The first-order valence-electron chi connectivity index (χ1n) is 6.33. The van der Waals surface area contributed by atoms with Gasteiger partial charge >= 0.3 is 0 Å². The maximum absolute atomic E-state index is 6.15. The Bertz CT molecular complexity index is 354. The van der Waals surface area contributed by atoms with Gasteiger partial charge in [-0.15, -0.1) is 0 Å². The van der Waals surface area contributed by atoms with E-state index >= 15 is 0 Å². The molecular formula is C14H19Cl2N. The van der Waals surface area contributed by atoms with Gasteiger partial charge < -0.3 is 5.32 Å². The average Bonchev–Trinajstić information content (AvgIpc) is 3.09. The molecule has 1 saturated carbocycles. The Morgan fingerprint density at radius 1 is 1.29 bits per heavy atom. The van der Waals surface area contributed by atoms with E-state index in [0.717, 1.165) is 41.0 Å². The first-order valence-corrected chi connectivity index (χ1v) is 7.08. The fourth-order valence-corrected chi connectivity index (χ4v) is 2.51. The molecule has 1 aromatic rings. The van der Waals surface area contributed by atoms with Gasteiger partial charge in [-0.25, -0.2) is 0 Å². The highest BCUT2D eigenvalue weighted by Gasteiger charge is 2.20. The Labute approximate surface area is 114 Å². The molecule has 0 heterocycles. The third-order valence-electron chi connectivity index (χ3n) is 3.28. The summed E-state index contributed by atoms with van der Waals surface area (Å²) in [7, 11) is 0. The van der Waals surface area contributed by atoms with Crippen LogP contribution in [0.5, 0.6) is 0 Å². The van der Waals surface area contributed by atoms with Gasteiger partial charge in [-0.2, -0.15) is 0 Å². The number of hydrogen-bond acceptors (Lipinski definition) is 1. The molecule has 0 aromatic heterocycles. The topological polar surface area (TPSA) is 12.0 Å². The lowest BCUT2D eigenvalue weighted by molar-refractivity contribution is 0.480. The van der Waals surface area contributed by atoms with Crippen LogP contribution in [0.15, 0.2) is 18.2 Å². The van der Waals surface area contributed by atoms with Crippen molar-refractivity contribution in [3.05, 3.63) is 33.8 Å². The molecule has 1 unspecified atom stereocenters. The molecule has 1 aromatic carbocycles. The molecule has 0 amide bonds. The minimum Gasteiger partial charge on any atom is -0.314 e. The second-order valence-electron chi connectivity index (χ2n) is 5.03. The Kier molecular flexibility index (Phi) is 4.72. The summed E-state index contributed by atoms with van der Waals surface area (Å²) < 4.78 is 0. The third kappa shape index (κ3) is 4.17. The second-order valence-corrected chi connectivity index (χ2v) is 5.84. The average molecular weight is 272 g/mol. The maximum Gasteiger partial charge on any atom is 0.0452 e. The van der Waals surface area contributed by atoms with Crippen LogP contribution >= 0.6 is 23.2 Å². The maximum atomic E-state index is 6.15. The molecule has 0 radical (unpaired) electrons. The minimum absolute atomic E-state index is 0.669. The number of rotatable bonds is 6. The lowest BCUT2D eigenvalue weighted by atomic mass is 10.0. The molecule has 1 nitrogen and oxygen atoms in total. The van der Waals surface area contributed by atoms with Crippen molar-refractivity contribution in [3.8, 4) is 0 Å². The van der Waals surface area contributed by atoms with Gasteiger partial charge in [0.1, 0.15) is 0 Å².